The zero-order valence-corrected chi connectivity index (χ0v) is 42.7. The highest BCUT2D eigenvalue weighted by atomic mass is 17.2. The molecule has 0 radical (unpaired) electrons. The van der Waals surface area contributed by atoms with Gasteiger partial charge < -0.3 is 80.9 Å². The molecule has 0 atom stereocenters. The fourth-order valence-corrected chi connectivity index (χ4v) is 5.86. The smallest absolute Gasteiger partial charge is 0.180 e. The summed E-state index contributed by atoms with van der Waals surface area (Å²) in [5, 5.41) is 8.60. The molecule has 0 spiro atoms. The zero-order chi connectivity index (χ0) is 48.7. The predicted octanol–water partition coefficient (Wildman–Crippen LogP) is 5.63. The second-order valence-electron chi connectivity index (χ2n) is 15.5. The molecule has 0 saturated carbocycles. The fourth-order valence-electron chi connectivity index (χ4n) is 5.86. The van der Waals surface area contributed by atoms with E-state index in [1.165, 1.54) is 64.2 Å². The van der Waals surface area contributed by atoms with E-state index in [0.717, 1.165) is 45.5 Å². The monoisotopic (exact) mass is 993 g/mol. The molecule has 410 valence electrons. The maximum absolute atomic E-state index is 8.60. The van der Waals surface area contributed by atoms with Crippen molar-refractivity contribution in [1.29, 1.82) is 0 Å². The molecule has 0 aromatic heterocycles. The highest BCUT2D eigenvalue weighted by Crippen LogP contribution is 2.11. The number of aliphatic hydroxyl groups is 1. The van der Waals surface area contributed by atoms with Crippen LogP contribution in [-0.4, -0.2) is 230 Å². The van der Waals surface area contributed by atoms with E-state index >= 15 is 0 Å². The average molecular weight is 993 g/mol. The Morgan fingerprint density at radius 3 is 0.676 bits per heavy atom. The lowest BCUT2D eigenvalue weighted by Crippen LogP contribution is -2.15. The van der Waals surface area contributed by atoms with Crippen molar-refractivity contribution < 1.29 is 90.7 Å². The molecule has 0 unspecified atom stereocenters. The van der Waals surface area contributed by atoms with Gasteiger partial charge in [0.2, 0.25) is 0 Å². The largest absolute Gasteiger partial charge is 0.394 e. The van der Waals surface area contributed by atoms with Crippen molar-refractivity contribution in [3.63, 3.8) is 0 Å². The second kappa shape index (κ2) is 66.2. The van der Waals surface area contributed by atoms with Gasteiger partial charge in [0.25, 0.3) is 0 Å². The van der Waals surface area contributed by atoms with Gasteiger partial charge in [-0.3, -0.25) is 0 Å². The SMILES string of the molecule is CCCCCCCCCCCCCOCCOCCCCCOCCOCCOOCOCCOCCOCCOCCOCCOCCOCCOCCOCCOCCOCCOCCO. The topological polar surface area (TPSA) is 186 Å². The molecule has 0 bridgehead atoms. The van der Waals surface area contributed by atoms with Gasteiger partial charge in [0.05, 0.1) is 192 Å². The lowest BCUT2D eigenvalue weighted by Gasteiger charge is -2.09. The first-order valence-electron chi connectivity index (χ1n) is 26.0. The quantitative estimate of drug-likeness (QED) is 0.0342. The lowest BCUT2D eigenvalue weighted by molar-refractivity contribution is -0.340. The van der Waals surface area contributed by atoms with E-state index in [0.29, 0.717) is 192 Å². The Balaban J connectivity index is 3.07. The Bertz CT molecular complexity index is 790. The maximum Gasteiger partial charge on any atom is 0.180 e. The minimum Gasteiger partial charge on any atom is -0.394 e. The van der Waals surface area contributed by atoms with Gasteiger partial charge in [-0.15, -0.1) is 0 Å². The molecular weight excluding hydrogens is 893 g/mol. The predicted molar refractivity (Wildman–Crippen MR) is 258 cm³/mol. The van der Waals surface area contributed by atoms with E-state index in [-0.39, 0.29) is 13.4 Å². The van der Waals surface area contributed by atoms with E-state index in [2.05, 4.69) is 6.92 Å². The summed E-state index contributed by atoms with van der Waals surface area (Å²) >= 11 is 0. The number of rotatable bonds is 65. The molecule has 0 aromatic carbocycles. The second-order valence-corrected chi connectivity index (χ2v) is 15.5. The van der Waals surface area contributed by atoms with Crippen molar-refractivity contribution in [2.24, 2.45) is 0 Å². The van der Waals surface area contributed by atoms with Gasteiger partial charge in [-0.2, -0.15) is 0 Å². The van der Waals surface area contributed by atoms with Crippen LogP contribution in [0.5, 0.6) is 0 Å². The number of ether oxygens (including phenoxy) is 16. The number of aliphatic hydroxyl groups excluding tert-OH is 1. The number of unbranched alkanes of at least 4 members (excludes halogenated alkanes) is 12. The molecule has 0 aliphatic heterocycles. The van der Waals surface area contributed by atoms with Crippen LogP contribution >= 0.6 is 0 Å². The van der Waals surface area contributed by atoms with Gasteiger partial charge in [0, 0.05) is 19.8 Å². The Labute approximate surface area is 411 Å². The molecule has 0 heterocycles. The minimum absolute atomic E-state index is 0.0162. The van der Waals surface area contributed by atoms with Crippen LogP contribution in [0.4, 0.5) is 0 Å². The Morgan fingerprint density at radius 2 is 0.397 bits per heavy atom. The van der Waals surface area contributed by atoms with Crippen molar-refractivity contribution in [1.82, 2.24) is 0 Å². The number of hydrogen-bond donors (Lipinski definition) is 1. The average Bonchev–Trinajstić information content (AvgIpc) is 3.35. The van der Waals surface area contributed by atoms with E-state index in [9.17, 15) is 0 Å². The zero-order valence-electron chi connectivity index (χ0n) is 42.7. The van der Waals surface area contributed by atoms with E-state index in [4.69, 9.17) is 90.7 Å². The molecule has 0 rings (SSSR count). The van der Waals surface area contributed by atoms with Crippen LogP contribution in [0, 0.1) is 0 Å². The normalized spacial score (nSPS) is 11.7. The van der Waals surface area contributed by atoms with Crippen molar-refractivity contribution in [2.45, 2.75) is 96.8 Å². The summed E-state index contributed by atoms with van der Waals surface area (Å²) in [5.41, 5.74) is 0. The molecule has 0 saturated heterocycles. The standard InChI is InChI=1S/C49H100O19/c1-2-3-4-5-6-7-8-9-10-11-13-17-51-21-22-52-18-14-12-15-19-53-23-25-65-47-48-67-68-49-66-46-45-64-44-43-63-42-41-62-40-39-61-38-37-60-36-35-59-34-33-58-32-31-57-30-29-56-28-27-55-26-24-54-20-16-50/h50H,2-49H2,1H3. The molecule has 19 nitrogen and oxygen atoms in total. The first-order valence-corrected chi connectivity index (χ1v) is 26.0. The van der Waals surface area contributed by atoms with Crippen LogP contribution in [-0.2, 0) is 85.6 Å². The molecule has 0 amide bonds. The van der Waals surface area contributed by atoms with Crippen molar-refractivity contribution in [3.8, 4) is 0 Å². The maximum atomic E-state index is 8.60. The minimum atomic E-state index is 0.0162. The van der Waals surface area contributed by atoms with Crippen LogP contribution in [0.1, 0.15) is 96.8 Å². The molecule has 19 heteroatoms. The van der Waals surface area contributed by atoms with E-state index in [1.54, 1.807) is 0 Å². The van der Waals surface area contributed by atoms with Gasteiger partial charge in [-0.05, 0) is 25.7 Å². The molecule has 1 N–H and O–H groups in total. The van der Waals surface area contributed by atoms with Crippen LogP contribution in [0.3, 0.4) is 0 Å². The Kier molecular flexibility index (Phi) is 65.5. The molecule has 68 heavy (non-hydrogen) atoms. The first kappa shape index (κ1) is 67.2. The van der Waals surface area contributed by atoms with Gasteiger partial charge in [0.1, 0.15) is 6.61 Å². The van der Waals surface area contributed by atoms with Crippen molar-refractivity contribution >= 4 is 0 Å². The van der Waals surface area contributed by atoms with Crippen molar-refractivity contribution in [2.75, 3.05) is 225 Å². The first-order chi connectivity index (χ1) is 33.9. The molecule has 0 fully saturated rings. The third-order valence-corrected chi connectivity index (χ3v) is 9.57. The van der Waals surface area contributed by atoms with Gasteiger partial charge in [-0.1, -0.05) is 71.1 Å². The van der Waals surface area contributed by atoms with E-state index in [1.807, 2.05) is 0 Å². The number of hydrogen-bond acceptors (Lipinski definition) is 19. The van der Waals surface area contributed by atoms with E-state index < -0.39 is 0 Å². The Hall–Kier alpha value is -0.760. The molecule has 0 aromatic rings. The molecule has 0 aliphatic carbocycles. The summed E-state index contributed by atoms with van der Waals surface area (Å²) in [7, 11) is 0. The lowest BCUT2D eigenvalue weighted by atomic mass is 10.1. The van der Waals surface area contributed by atoms with Crippen LogP contribution < -0.4 is 0 Å². The van der Waals surface area contributed by atoms with Crippen LogP contribution in [0.15, 0.2) is 0 Å². The van der Waals surface area contributed by atoms with Crippen molar-refractivity contribution in [3.05, 3.63) is 0 Å². The summed E-state index contributed by atoms with van der Waals surface area (Å²) in [6, 6.07) is 0. The summed E-state index contributed by atoms with van der Waals surface area (Å²) in [6.45, 7) is 18.7. The molecular formula is C49H100O19. The van der Waals surface area contributed by atoms with Gasteiger partial charge in [0.15, 0.2) is 6.79 Å². The van der Waals surface area contributed by atoms with Crippen LogP contribution in [0.25, 0.3) is 0 Å². The fraction of sp³-hybridized carbons (Fsp3) is 1.00. The highest BCUT2D eigenvalue weighted by molar-refractivity contribution is 4.49. The summed E-state index contributed by atoms with van der Waals surface area (Å²) in [6.07, 6.45) is 18.0. The third-order valence-electron chi connectivity index (χ3n) is 9.57. The van der Waals surface area contributed by atoms with Crippen LogP contribution in [0.2, 0.25) is 0 Å². The molecule has 0 aliphatic rings. The van der Waals surface area contributed by atoms with Gasteiger partial charge in [-0.25, -0.2) is 9.78 Å². The summed E-state index contributed by atoms with van der Waals surface area (Å²) in [4.78, 5) is 10.0. The third kappa shape index (κ3) is 65.2. The Morgan fingerprint density at radius 1 is 0.191 bits per heavy atom. The van der Waals surface area contributed by atoms with Gasteiger partial charge >= 0.3 is 0 Å². The summed E-state index contributed by atoms with van der Waals surface area (Å²) < 4.78 is 87.6. The summed E-state index contributed by atoms with van der Waals surface area (Å²) in [5.74, 6) is 0. The highest BCUT2D eigenvalue weighted by Gasteiger charge is 2.00.